The number of rotatable bonds is 5. The summed E-state index contributed by atoms with van der Waals surface area (Å²) >= 11 is 11.8. The van der Waals surface area contributed by atoms with E-state index < -0.39 is 0 Å². The Labute approximate surface area is 110 Å². The van der Waals surface area contributed by atoms with Crippen molar-refractivity contribution in [2.24, 2.45) is 0 Å². The van der Waals surface area contributed by atoms with Gasteiger partial charge < -0.3 is 0 Å². The number of allylic oxidation sites excluding steroid dienone is 1. The monoisotopic (exact) mass is 273 g/mol. The van der Waals surface area contributed by atoms with Crippen LogP contribution in [0.4, 0.5) is 0 Å². The molecule has 0 saturated heterocycles. The van der Waals surface area contributed by atoms with E-state index in [1.807, 2.05) is 0 Å². The highest BCUT2D eigenvalue weighted by atomic mass is 35.5. The highest BCUT2D eigenvalue weighted by molar-refractivity contribution is 6.42. The zero-order valence-corrected chi connectivity index (χ0v) is 11.1. The van der Waals surface area contributed by atoms with Crippen LogP contribution in [0.5, 0.6) is 0 Å². The van der Waals surface area contributed by atoms with E-state index in [2.05, 4.69) is 5.48 Å². The van der Waals surface area contributed by atoms with Crippen LogP contribution in [0.3, 0.4) is 0 Å². The summed E-state index contributed by atoms with van der Waals surface area (Å²) in [6.07, 6.45) is 2.07. The molecule has 0 spiro atoms. The van der Waals surface area contributed by atoms with Gasteiger partial charge in [0, 0.05) is 12.0 Å². The molecule has 0 saturated carbocycles. The number of benzene rings is 1. The number of halogens is 2. The predicted octanol–water partition coefficient (Wildman–Crippen LogP) is 3.46. The molecule has 17 heavy (non-hydrogen) atoms. The number of carbonyl (C=O) groups excluding carboxylic acids is 1. The molecule has 1 rings (SSSR count). The summed E-state index contributed by atoms with van der Waals surface area (Å²) in [5, 5.41) is 0.939. The van der Waals surface area contributed by atoms with Crippen LogP contribution in [-0.4, -0.2) is 12.9 Å². The van der Waals surface area contributed by atoms with E-state index in [-0.39, 0.29) is 5.78 Å². The van der Waals surface area contributed by atoms with Crippen LogP contribution in [0.15, 0.2) is 24.3 Å². The lowest BCUT2D eigenvalue weighted by atomic mass is 10.1. The summed E-state index contributed by atoms with van der Waals surface area (Å²) in [6.45, 7) is 1.52. The molecule has 0 radical (unpaired) electrons. The second kappa shape index (κ2) is 6.64. The molecule has 5 heteroatoms. The smallest absolute Gasteiger partial charge is 0.133 e. The summed E-state index contributed by atoms with van der Waals surface area (Å²) in [5.41, 5.74) is 4.20. The largest absolute Gasteiger partial charge is 0.300 e. The number of carbonyl (C=O) groups is 1. The minimum absolute atomic E-state index is 0.0699. The molecule has 0 unspecified atom stereocenters. The van der Waals surface area contributed by atoms with Gasteiger partial charge in [-0.25, -0.2) is 0 Å². The quantitative estimate of drug-likeness (QED) is 0.835. The molecule has 92 valence electrons. The molecule has 1 aromatic carbocycles. The van der Waals surface area contributed by atoms with Crippen molar-refractivity contribution in [3.63, 3.8) is 0 Å². The summed E-state index contributed by atoms with van der Waals surface area (Å²) in [5.74, 6) is 0.0699. The summed E-state index contributed by atoms with van der Waals surface area (Å²) in [7, 11) is 1.50. The highest BCUT2D eigenvalue weighted by Crippen LogP contribution is 2.25. The maximum Gasteiger partial charge on any atom is 0.133 e. The van der Waals surface area contributed by atoms with E-state index in [0.717, 1.165) is 5.56 Å². The first-order valence-corrected chi connectivity index (χ1v) is 5.74. The Morgan fingerprint density at radius 3 is 2.65 bits per heavy atom. The average molecular weight is 274 g/mol. The van der Waals surface area contributed by atoms with Crippen LogP contribution in [0.1, 0.15) is 18.9 Å². The average Bonchev–Trinajstić information content (AvgIpc) is 2.28. The maximum absolute atomic E-state index is 10.9. The van der Waals surface area contributed by atoms with Gasteiger partial charge in [-0.2, -0.15) is 0 Å². The molecule has 0 aliphatic carbocycles. The van der Waals surface area contributed by atoms with Gasteiger partial charge in [0.05, 0.1) is 22.9 Å². The molecule has 3 nitrogen and oxygen atoms in total. The Hall–Kier alpha value is -1.03. The van der Waals surface area contributed by atoms with Gasteiger partial charge in [0.15, 0.2) is 0 Å². The van der Waals surface area contributed by atoms with Crippen molar-refractivity contribution in [2.75, 3.05) is 7.11 Å². The van der Waals surface area contributed by atoms with Gasteiger partial charge >= 0.3 is 0 Å². The lowest BCUT2D eigenvalue weighted by molar-refractivity contribution is -0.116. The van der Waals surface area contributed by atoms with Crippen molar-refractivity contribution < 1.29 is 9.63 Å². The van der Waals surface area contributed by atoms with Crippen molar-refractivity contribution in [1.82, 2.24) is 5.48 Å². The Kier molecular flexibility index (Phi) is 5.48. The number of ketones is 1. The SMILES string of the molecule is CON/C(=C\CC(C)=O)c1ccc(Cl)c(Cl)c1. The molecule has 0 fully saturated rings. The molecule has 0 heterocycles. The van der Waals surface area contributed by atoms with Gasteiger partial charge in [-0.1, -0.05) is 35.3 Å². The molecule has 0 aliphatic rings. The number of hydrogen-bond acceptors (Lipinski definition) is 3. The second-order valence-electron chi connectivity index (χ2n) is 3.46. The molecular weight excluding hydrogens is 261 g/mol. The Bertz CT molecular complexity index is 444. The maximum atomic E-state index is 10.9. The van der Waals surface area contributed by atoms with Gasteiger partial charge in [-0.15, -0.1) is 0 Å². The lowest BCUT2D eigenvalue weighted by Gasteiger charge is -2.09. The third-order valence-corrected chi connectivity index (χ3v) is 2.78. The number of nitrogens with one attached hydrogen (secondary N) is 1. The van der Waals surface area contributed by atoms with E-state index in [4.69, 9.17) is 28.0 Å². The third-order valence-electron chi connectivity index (χ3n) is 2.04. The standard InChI is InChI=1S/C12H13Cl2NO2/c1-8(16)3-6-12(15-17-2)9-4-5-10(13)11(14)7-9/h4-7,15H,3H2,1-2H3/b12-6-. The van der Waals surface area contributed by atoms with Gasteiger partial charge in [-0.3, -0.25) is 15.1 Å². The minimum Gasteiger partial charge on any atom is -0.300 e. The van der Waals surface area contributed by atoms with Crippen LogP contribution in [-0.2, 0) is 9.63 Å². The van der Waals surface area contributed by atoms with E-state index in [1.165, 1.54) is 14.0 Å². The number of hydrogen-bond donors (Lipinski definition) is 1. The van der Waals surface area contributed by atoms with Crippen LogP contribution in [0, 0.1) is 0 Å². The zero-order chi connectivity index (χ0) is 12.8. The van der Waals surface area contributed by atoms with E-state index in [1.54, 1.807) is 24.3 Å². The van der Waals surface area contributed by atoms with Gasteiger partial charge in [-0.05, 0) is 19.1 Å². The van der Waals surface area contributed by atoms with Crippen molar-refractivity contribution in [3.8, 4) is 0 Å². The Morgan fingerprint density at radius 2 is 2.12 bits per heavy atom. The topological polar surface area (TPSA) is 38.3 Å². The van der Waals surface area contributed by atoms with Crippen molar-refractivity contribution in [1.29, 1.82) is 0 Å². The zero-order valence-electron chi connectivity index (χ0n) is 9.59. The minimum atomic E-state index is 0.0699. The molecule has 0 aliphatic heterocycles. The van der Waals surface area contributed by atoms with Crippen LogP contribution in [0.25, 0.3) is 5.70 Å². The van der Waals surface area contributed by atoms with Crippen LogP contribution >= 0.6 is 23.2 Å². The molecule has 1 N–H and O–H groups in total. The predicted molar refractivity (Wildman–Crippen MR) is 69.9 cm³/mol. The fourth-order valence-corrected chi connectivity index (χ4v) is 1.54. The lowest BCUT2D eigenvalue weighted by Crippen LogP contribution is -2.10. The molecule has 0 aromatic heterocycles. The fourth-order valence-electron chi connectivity index (χ4n) is 1.24. The van der Waals surface area contributed by atoms with Crippen molar-refractivity contribution in [3.05, 3.63) is 39.9 Å². The van der Waals surface area contributed by atoms with Gasteiger partial charge in [0.25, 0.3) is 0 Å². The first-order valence-electron chi connectivity index (χ1n) is 4.98. The van der Waals surface area contributed by atoms with Crippen molar-refractivity contribution in [2.45, 2.75) is 13.3 Å². The fraction of sp³-hybridized carbons (Fsp3) is 0.250. The summed E-state index contributed by atoms with van der Waals surface area (Å²) < 4.78 is 0. The molecule has 0 atom stereocenters. The van der Waals surface area contributed by atoms with Crippen LogP contribution < -0.4 is 5.48 Å². The number of Topliss-reactive ketones (excluding diaryl/α,β-unsaturated/α-hetero) is 1. The van der Waals surface area contributed by atoms with E-state index >= 15 is 0 Å². The Balaban J connectivity index is 3.00. The highest BCUT2D eigenvalue weighted by Gasteiger charge is 2.05. The first kappa shape index (κ1) is 14.0. The first-order chi connectivity index (χ1) is 8.04. The molecular formula is C12H13Cl2NO2. The third kappa shape index (κ3) is 4.38. The molecule has 0 bridgehead atoms. The second-order valence-corrected chi connectivity index (χ2v) is 4.27. The van der Waals surface area contributed by atoms with E-state index in [9.17, 15) is 4.79 Å². The normalized spacial score (nSPS) is 11.4. The van der Waals surface area contributed by atoms with Crippen LogP contribution in [0.2, 0.25) is 10.0 Å². The van der Waals surface area contributed by atoms with E-state index in [0.29, 0.717) is 22.2 Å². The number of hydroxylamine groups is 1. The van der Waals surface area contributed by atoms with Gasteiger partial charge in [0.2, 0.25) is 0 Å². The molecule has 1 aromatic rings. The van der Waals surface area contributed by atoms with Crippen molar-refractivity contribution >= 4 is 34.7 Å². The van der Waals surface area contributed by atoms with Gasteiger partial charge in [0.1, 0.15) is 5.78 Å². The summed E-state index contributed by atoms with van der Waals surface area (Å²) in [6, 6.07) is 5.20. The summed E-state index contributed by atoms with van der Waals surface area (Å²) in [4.78, 5) is 15.8. The Morgan fingerprint density at radius 1 is 1.41 bits per heavy atom. The molecule has 0 amide bonds.